The van der Waals surface area contributed by atoms with E-state index < -0.39 is 0 Å². The highest BCUT2D eigenvalue weighted by Gasteiger charge is 2.27. The van der Waals surface area contributed by atoms with Crippen LogP contribution in [0.3, 0.4) is 0 Å². The summed E-state index contributed by atoms with van der Waals surface area (Å²) < 4.78 is 0. The Morgan fingerprint density at radius 1 is 1.61 bits per heavy atom. The highest BCUT2D eigenvalue weighted by Crippen LogP contribution is 2.30. The second kappa shape index (κ2) is 6.16. The fourth-order valence-electron chi connectivity index (χ4n) is 2.75. The molecule has 2 rings (SSSR count). The molecule has 3 N–H and O–H groups in total. The highest BCUT2D eigenvalue weighted by atomic mass is 16.2. The van der Waals surface area contributed by atoms with E-state index in [-0.39, 0.29) is 12.6 Å². The van der Waals surface area contributed by atoms with Crippen molar-refractivity contribution < 1.29 is 5.11 Å². The van der Waals surface area contributed by atoms with Crippen molar-refractivity contribution in [2.45, 2.75) is 44.7 Å². The molecule has 0 radical (unpaired) electrons. The van der Waals surface area contributed by atoms with Gasteiger partial charge in [-0.05, 0) is 38.7 Å². The van der Waals surface area contributed by atoms with Gasteiger partial charge in [0.2, 0.25) is 0 Å². The monoisotopic (exact) mass is 249 g/mol. The van der Waals surface area contributed by atoms with Gasteiger partial charge in [0.1, 0.15) is 5.82 Å². The van der Waals surface area contributed by atoms with E-state index in [0.717, 1.165) is 30.8 Å². The van der Waals surface area contributed by atoms with Gasteiger partial charge in [0.25, 0.3) is 0 Å². The molecule has 0 spiro atoms. The largest absolute Gasteiger partial charge is 0.396 e. The molecule has 1 fully saturated rings. The van der Waals surface area contributed by atoms with Crippen molar-refractivity contribution in [1.82, 2.24) is 4.98 Å². The molecule has 2 heterocycles. The van der Waals surface area contributed by atoms with Crippen molar-refractivity contribution in [1.29, 1.82) is 0 Å². The Balaban J connectivity index is 2.19. The van der Waals surface area contributed by atoms with Crippen LogP contribution in [0.4, 0.5) is 5.82 Å². The molecule has 0 aliphatic carbocycles. The summed E-state index contributed by atoms with van der Waals surface area (Å²) in [5, 5.41) is 8.97. The van der Waals surface area contributed by atoms with E-state index in [4.69, 9.17) is 10.8 Å². The number of rotatable bonds is 5. The van der Waals surface area contributed by atoms with Gasteiger partial charge < -0.3 is 15.7 Å². The predicted molar refractivity (Wildman–Crippen MR) is 73.5 cm³/mol. The van der Waals surface area contributed by atoms with Gasteiger partial charge in [-0.2, -0.15) is 0 Å². The summed E-state index contributed by atoms with van der Waals surface area (Å²) in [6.45, 7) is 3.32. The Kier molecular flexibility index (Phi) is 4.55. The SMILES string of the molecule is CC(N)c1cccnc1N1CCCC1CCCO. The van der Waals surface area contributed by atoms with Crippen LogP contribution in [0.1, 0.15) is 44.2 Å². The third kappa shape index (κ3) is 2.82. The molecule has 0 aromatic carbocycles. The van der Waals surface area contributed by atoms with Crippen LogP contribution in [-0.4, -0.2) is 29.3 Å². The Bertz CT molecular complexity index is 381. The molecule has 18 heavy (non-hydrogen) atoms. The molecule has 0 bridgehead atoms. The number of aliphatic hydroxyl groups excluding tert-OH is 1. The first-order chi connectivity index (χ1) is 8.74. The third-order valence-corrected chi connectivity index (χ3v) is 3.65. The number of hydrogen-bond donors (Lipinski definition) is 2. The summed E-state index contributed by atoms with van der Waals surface area (Å²) in [5.41, 5.74) is 7.14. The van der Waals surface area contributed by atoms with E-state index in [1.807, 2.05) is 19.2 Å². The van der Waals surface area contributed by atoms with Crippen LogP contribution < -0.4 is 10.6 Å². The van der Waals surface area contributed by atoms with E-state index in [0.29, 0.717) is 6.04 Å². The van der Waals surface area contributed by atoms with E-state index in [2.05, 4.69) is 16.0 Å². The highest BCUT2D eigenvalue weighted by molar-refractivity contribution is 5.50. The number of pyridine rings is 1. The zero-order valence-electron chi connectivity index (χ0n) is 11.0. The molecule has 1 aliphatic rings. The molecule has 1 aromatic heterocycles. The zero-order chi connectivity index (χ0) is 13.0. The minimum Gasteiger partial charge on any atom is -0.396 e. The number of nitrogens with zero attached hydrogens (tertiary/aromatic N) is 2. The minimum atomic E-state index is 0.00721. The lowest BCUT2D eigenvalue weighted by Crippen LogP contribution is -2.31. The summed E-state index contributed by atoms with van der Waals surface area (Å²) in [6.07, 6.45) is 6.12. The average Bonchev–Trinajstić information content (AvgIpc) is 2.84. The summed E-state index contributed by atoms with van der Waals surface area (Å²) in [7, 11) is 0. The third-order valence-electron chi connectivity index (χ3n) is 3.65. The van der Waals surface area contributed by atoms with Crippen LogP contribution in [0.5, 0.6) is 0 Å². The maximum atomic E-state index is 8.97. The first-order valence-corrected chi connectivity index (χ1v) is 6.82. The molecule has 0 saturated carbocycles. The lowest BCUT2D eigenvalue weighted by atomic mass is 10.1. The van der Waals surface area contributed by atoms with Crippen molar-refractivity contribution in [3.8, 4) is 0 Å². The Morgan fingerprint density at radius 2 is 2.44 bits per heavy atom. The summed E-state index contributed by atoms with van der Waals surface area (Å²) in [5.74, 6) is 1.04. The molecule has 4 heteroatoms. The van der Waals surface area contributed by atoms with Crippen molar-refractivity contribution in [3.63, 3.8) is 0 Å². The van der Waals surface area contributed by atoms with E-state index in [9.17, 15) is 0 Å². The molecule has 1 aliphatic heterocycles. The van der Waals surface area contributed by atoms with Gasteiger partial charge in [-0.25, -0.2) is 4.98 Å². The smallest absolute Gasteiger partial charge is 0.133 e. The quantitative estimate of drug-likeness (QED) is 0.836. The molecule has 2 unspecified atom stereocenters. The lowest BCUT2D eigenvalue weighted by Gasteiger charge is -2.28. The van der Waals surface area contributed by atoms with Gasteiger partial charge in [-0.3, -0.25) is 0 Å². The number of aliphatic hydroxyl groups is 1. The first kappa shape index (κ1) is 13.3. The second-order valence-corrected chi connectivity index (χ2v) is 5.06. The number of nitrogens with two attached hydrogens (primary N) is 1. The standard InChI is InChI=1S/C14H23N3O/c1-11(15)13-7-2-8-16-14(13)17-9-3-5-12(17)6-4-10-18/h2,7-8,11-12,18H,3-6,9-10,15H2,1H3. The van der Waals surface area contributed by atoms with Crippen LogP contribution in [-0.2, 0) is 0 Å². The molecule has 0 amide bonds. The summed E-state index contributed by atoms with van der Waals surface area (Å²) in [6, 6.07) is 4.52. The van der Waals surface area contributed by atoms with Crippen molar-refractivity contribution in [2.75, 3.05) is 18.1 Å². The molecular weight excluding hydrogens is 226 g/mol. The van der Waals surface area contributed by atoms with E-state index in [1.165, 1.54) is 12.8 Å². The van der Waals surface area contributed by atoms with Gasteiger partial charge in [-0.15, -0.1) is 0 Å². The molecule has 1 saturated heterocycles. The maximum Gasteiger partial charge on any atom is 0.133 e. The Hall–Kier alpha value is -1.13. The first-order valence-electron chi connectivity index (χ1n) is 6.82. The molecule has 1 aromatic rings. The van der Waals surface area contributed by atoms with Gasteiger partial charge in [-0.1, -0.05) is 6.07 Å². The molecule has 2 atom stereocenters. The Labute approximate surface area is 109 Å². The topological polar surface area (TPSA) is 62.4 Å². The predicted octanol–water partition coefficient (Wildman–Crippen LogP) is 1.84. The number of aromatic nitrogens is 1. The molecule has 4 nitrogen and oxygen atoms in total. The van der Waals surface area contributed by atoms with Crippen molar-refractivity contribution >= 4 is 5.82 Å². The van der Waals surface area contributed by atoms with Gasteiger partial charge in [0, 0.05) is 37.0 Å². The zero-order valence-corrected chi connectivity index (χ0v) is 11.0. The maximum absolute atomic E-state index is 8.97. The van der Waals surface area contributed by atoms with Crippen molar-refractivity contribution in [2.24, 2.45) is 5.73 Å². The van der Waals surface area contributed by atoms with E-state index in [1.54, 1.807) is 0 Å². The fraction of sp³-hybridized carbons (Fsp3) is 0.643. The number of anilines is 1. The van der Waals surface area contributed by atoms with Gasteiger partial charge in [0.05, 0.1) is 0 Å². The molecular formula is C14H23N3O. The average molecular weight is 249 g/mol. The van der Waals surface area contributed by atoms with Crippen molar-refractivity contribution in [3.05, 3.63) is 23.9 Å². The number of hydrogen-bond acceptors (Lipinski definition) is 4. The lowest BCUT2D eigenvalue weighted by molar-refractivity contribution is 0.279. The molecule has 100 valence electrons. The Morgan fingerprint density at radius 3 is 3.17 bits per heavy atom. The van der Waals surface area contributed by atoms with E-state index >= 15 is 0 Å². The van der Waals surface area contributed by atoms with Crippen LogP contribution >= 0.6 is 0 Å². The minimum absolute atomic E-state index is 0.00721. The second-order valence-electron chi connectivity index (χ2n) is 5.06. The van der Waals surface area contributed by atoms with Crippen LogP contribution in [0, 0.1) is 0 Å². The fourth-order valence-corrected chi connectivity index (χ4v) is 2.75. The van der Waals surface area contributed by atoms with Gasteiger partial charge in [0.15, 0.2) is 0 Å². The summed E-state index contributed by atoms with van der Waals surface area (Å²) in [4.78, 5) is 6.89. The summed E-state index contributed by atoms with van der Waals surface area (Å²) >= 11 is 0. The van der Waals surface area contributed by atoms with Crippen LogP contribution in [0.25, 0.3) is 0 Å². The van der Waals surface area contributed by atoms with Gasteiger partial charge >= 0.3 is 0 Å². The van der Waals surface area contributed by atoms with Crippen LogP contribution in [0.15, 0.2) is 18.3 Å². The normalized spacial score (nSPS) is 21.3. The van der Waals surface area contributed by atoms with Crippen LogP contribution in [0.2, 0.25) is 0 Å².